The molecule has 19 heteroatoms. The summed E-state index contributed by atoms with van der Waals surface area (Å²) >= 11 is 0. The number of aliphatic hydroxyl groups excluding tert-OH is 7. The van der Waals surface area contributed by atoms with E-state index < -0.39 is 121 Å². The molecule has 3 rings (SSSR count). The molecule has 9 N–H and O–H groups in total. The molecule has 13 atom stereocenters. The van der Waals surface area contributed by atoms with Crippen LogP contribution in [0, 0.1) is 11.8 Å². The van der Waals surface area contributed by atoms with Gasteiger partial charge in [0, 0.05) is 11.8 Å². The molecule has 0 radical (unpaired) electrons. The van der Waals surface area contributed by atoms with Gasteiger partial charge in [0.25, 0.3) is 0 Å². The van der Waals surface area contributed by atoms with Gasteiger partial charge in [-0.1, -0.05) is 0 Å². The van der Waals surface area contributed by atoms with Crippen LogP contribution in [0.2, 0.25) is 0 Å². The van der Waals surface area contributed by atoms with Gasteiger partial charge in [0.2, 0.25) is 12.0 Å². The third-order valence-electron chi connectivity index (χ3n) is 6.56. The van der Waals surface area contributed by atoms with Crippen molar-refractivity contribution in [3.63, 3.8) is 0 Å². The Morgan fingerprint density at radius 2 is 1.54 bits per heavy atom. The molecule has 3 aliphatic rings. The van der Waals surface area contributed by atoms with Gasteiger partial charge in [-0.05, 0) is 13.0 Å². The van der Waals surface area contributed by atoms with Crippen LogP contribution in [0.5, 0.6) is 0 Å². The average Bonchev–Trinajstić information content (AvgIpc) is 2.85. The van der Waals surface area contributed by atoms with Crippen LogP contribution in [-0.4, -0.2) is 147 Å². The monoisotopic (exact) mass is 592 g/mol. The maximum Gasteiger partial charge on any atom is 0.397 e. The number of ether oxygens (including phenoxy) is 5. The maximum absolute atomic E-state index is 11.2. The number of rotatable bonds is 10. The second-order valence-corrected chi connectivity index (χ2v) is 10.3. The van der Waals surface area contributed by atoms with Gasteiger partial charge >= 0.3 is 16.4 Å². The number of hydrogen-bond donors (Lipinski definition) is 9. The van der Waals surface area contributed by atoms with Crippen molar-refractivity contribution in [2.24, 2.45) is 11.8 Å². The van der Waals surface area contributed by atoms with Crippen LogP contribution < -0.4 is 0 Å². The summed E-state index contributed by atoms with van der Waals surface area (Å²) < 4.78 is 62.0. The van der Waals surface area contributed by atoms with E-state index in [1.165, 1.54) is 6.92 Å². The third kappa shape index (κ3) is 7.59. The van der Waals surface area contributed by atoms with Crippen molar-refractivity contribution >= 4 is 16.4 Å². The minimum atomic E-state index is -5.10. The van der Waals surface area contributed by atoms with Gasteiger partial charge in [0.05, 0.1) is 32.0 Å². The van der Waals surface area contributed by atoms with Gasteiger partial charge < -0.3 is 64.5 Å². The predicted molar refractivity (Wildman–Crippen MR) is 118 cm³/mol. The van der Waals surface area contributed by atoms with Gasteiger partial charge in [-0.25, -0.2) is 8.98 Å². The summed E-state index contributed by atoms with van der Waals surface area (Å²) in [7, 11) is -5.10. The van der Waals surface area contributed by atoms with Crippen LogP contribution in [0.25, 0.3) is 0 Å². The van der Waals surface area contributed by atoms with Crippen LogP contribution in [0.4, 0.5) is 0 Å². The van der Waals surface area contributed by atoms with E-state index in [0.717, 1.165) is 6.08 Å². The minimum absolute atomic E-state index is 0.563. The Morgan fingerprint density at radius 3 is 2.13 bits per heavy atom. The summed E-state index contributed by atoms with van der Waals surface area (Å²) in [5.41, 5.74) is 0. The molecule has 18 nitrogen and oxygen atoms in total. The molecule has 0 saturated carbocycles. The zero-order valence-corrected chi connectivity index (χ0v) is 21.1. The zero-order chi connectivity index (χ0) is 29.2. The van der Waals surface area contributed by atoms with Crippen LogP contribution in [-0.2, 0) is 43.1 Å². The van der Waals surface area contributed by atoms with Crippen LogP contribution in [0.15, 0.2) is 11.8 Å². The van der Waals surface area contributed by atoms with Crippen molar-refractivity contribution < 1.29 is 86.5 Å². The minimum Gasteiger partial charge on any atom is -0.475 e. The molecule has 3 aliphatic heterocycles. The lowest BCUT2D eigenvalue weighted by Gasteiger charge is -2.44. The fourth-order valence-corrected chi connectivity index (χ4v) is 4.89. The highest BCUT2D eigenvalue weighted by Crippen LogP contribution is 2.34. The van der Waals surface area contributed by atoms with Gasteiger partial charge in [-0.2, -0.15) is 8.42 Å². The molecule has 226 valence electrons. The molecule has 0 aliphatic carbocycles. The molecular weight excluding hydrogens is 560 g/mol. The summed E-state index contributed by atoms with van der Waals surface area (Å²) in [5.74, 6) is -4.63. The molecule has 0 bridgehead atoms. The highest BCUT2D eigenvalue weighted by molar-refractivity contribution is 7.80. The normalized spacial score (nSPS) is 43.4. The van der Waals surface area contributed by atoms with Crippen LogP contribution >= 0.6 is 0 Å². The topological polar surface area (TPSA) is 289 Å². The number of carbonyl (C=O) groups is 1. The van der Waals surface area contributed by atoms with E-state index in [9.17, 15) is 49.0 Å². The quantitative estimate of drug-likeness (QED) is 0.107. The molecule has 0 spiro atoms. The number of aliphatic hydroxyl groups is 7. The first-order valence-corrected chi connectivity index (χ1v) is 13.0. The molecule has 0 aromatic carbocycles. The van der Waals surface area contributed by atoms with Gasteiger partial charge in [0.1, 0.15) is 36.6 Å². The molecular formula is C20H32O18S. The lowest BCUT2D eigenvalue weighted by atomic mass is 9.83. The second-order valence-electron chi connectivity index (χ2n) is 9.22. The summed E-state index contributed by atoms with van der Waals surface area (Å²) in [6.07, 6.45) is -17.3. The molecule has 2 saturated heterocycles. The Labute approximate surface area is 221 Å². The van der Waals surface area contributed by atoms with Gasteiger partial charge in [0.15, 0.2) is 12.6 Å². The molecule has 0 amide bonds. The Kier molecular flexibility index (Phi) is 10.6. The Balaban J connectivity index is 1.73. The fourth-order valence-electron chi connectivity index (χ4n) is 4.38. The summed E-state index contributed by atoms with van der Waals surface area (Å²) in [5, 5.41) is 80.4. The number of aliphatic carboxylic acids is 1. The highest BCUT2D eigenvalue weighted by atomic mass is 32.3. The van der Waals surface area contributed by atoms with Crippen LogP contribution in [0.3, 0.4) is 0 Å². The van der Waals surface area contributed by atoms with E-state index in [0.29, 0.717) is 0 Å². The van der Waals surface area contributed by atoms with E-state index in [2.05, 4.69) is 4.18 Å². The number of hydrogen-bond acceptors (Lipinski definition) is 16. The number of carboxylic acids is 1. The van der Waals surface area contributed by atoms with E-state index >= 15 is 0 Å². The SMILES string of the molecule is CC1O[C@@H](OCC2C(CO[C@@H]3OC(C(=O)O)=CC(O)C3O)C(O)OC(CO)[C@H]2O)C(O)C(OS(=O)(=O)O)[C@@H]1O. The lowest BCUT2D eigenvalue weighted by molar-refractivity contribution is -0.312. The smallest absolute Gasteiger partial charge is 0.397 e. The lowest BCUT2D eigenvalue weighted by Crippen LogP contribution is -2.60. The Hall–Kier alpha value is -1.56. The van der Waals surface area contributed by atoms with Crippen molar-refractivity contribution in [3.05, 3.63) is 11.8 Å². The summed E-state index contributed by atoms with van der Waals surface area (Å²) in [6.45, 7) is -0.583. The fraction of sp³-hybridized carbons (Fsp3) is 0.850. The Bertz CT molecular complexity index is 974. The van der Waals surface area contributed by atoms with Gasteiger partial charge in [-0.15, -0.1) is 0 Å². The van der Waals surface area contributed by atoms with Crippen molar-refractivity contribution in [3.8, 4) is 0 Å². The van der Waals surface area contributed by atoms with E-state index in [1.54, 1.807) is 0 Å². The standard InChI is InChI=1S/C20H32O18S/c1-6-12(23)16(38-39(30,31)32)15(26)20(35-6)33-4-7-8(18(29)36-11(3-21)13(7)24)5-34-19-14(25)9(22)2-10(37-19)17(27)28/h2,6-9,11-16,18-26,29H,3-5H2,1H3,(H,27,28)(H,30,31,32)/t6?,7?,8?,9?,11?,12-,13+,14?,15?,16?,18?,19-,20-/m1/s1. The van der Waals surface area contributed by atoms with Gasteiger partial charge in [-0.3, -0.25) is 4.55 Å². The molecule has 39 heavy (non-hydrogen) atoms. The molecule has 9 unspecified atom stereocenters. The summed E-state index contributed by atoms with van der Waals surface area (Å²) in [6, 6.07) is 0. The van der Waals surface area contributed by atoms with E-state index in [4.69, 9.17) is 33.3 Å². The average molecular weight is 593 g/mol. The largest absolute Gasteiger partial charge is 0.475 e. The predicted octanol–water partition coefficient (Wildman–Crippen LogP) is -4.98. The zero-order valence-electron chi connectivity index (χ0n) is 20.3. The van der Waals surface area contributed by atoms with Crippen molar-refractivity contribution in [2.75, 3.05) is 19.8 Å². The molecule has 3 heterocycles. The molecule has 0 aromatic rings. The number of carboxylic acid groups (broad SMARTS) is 1. The maximum atomic E-state index is 11.2. The first kappa shape index (κ1) is 32.0. The molecule has 0 aromatic heterocycles. The third-order valence-corrected chi connectivity index (χ3v) is 7.02. The van der Waals surface area contributed by atoms with Crippen molar-refractivity contribution in [2.45, 2.75) is 74.6 Å². The van der Waals surface area contributed by atoms with E-state index in [-0.39, 0.29) is 0 Å². The first-order chi connectivity index (χ1) is 18.1. The highest BCUT2D eigenvalue weighted by Gasteiger charge is 2.49. The van der Waals surface area contributed by atoms with E-state index in [1.807, 2.05) is 0 Å². The first-order valence-electron chi connectivity index (χ1n) is 11.7. The van der Waals surface area contributed by atoms with Crippen molar-refractivity contribution in [1.82, 2.24) is 0 Å². The van der Waals surface area contributed by atoms with Crippen molar-refractivity contribution in [1.29, 1.82) is 0 Å². The Morgan fingerprint density at radius 1 is 0.923 bits per heavy atom. The molecule has 2 fully saturated rings. The van der Waals surface area contributed by atoms with Crippen LogP contribution in [0.1, 0.15) is 6.92 Å². The second kappa shape index (κ2) is 13.0. The summed E-state index contributed by atoms with van der Waals surface area (Å²) in [4.78, 5) is 11.2.